The molecule has 6 rings (SSSR count). The van der Waals surface area contributed by atoms with E-state index < -0.39 is 192 Å². The Morgan fingerprint density at radius 1 is 0.302 bits per heavy atom. The van der Waals surface area contributed by atoms with E-state index in [0.29, 0.717) is 70.6 Å². The minimum Gasteiger partial charge on any atom is -0.464 e. The zero-order chi connectivity index (χ0) is 111. The molecule has 9 unspecified atom stereocenters. The highest BCUT2D eigenvalue weighted by atomic mass is 32.2. The van der Waals surface area contributed by atoms with Crippen LogP contribution in [0.1, 0.15) is 152 Å². The lowest BCUT2D eigenvalue weighted by atomic mass is 10.1. The van der Waals surface area contributed by atoms with Crippen molar-refractivity contribution in [1.82, 2.24) is 52.8 Å². The summed E-state index contributed by atoms with van der Waals surface area (Å²) in [5.74, 6) is -14.5. The Hall–Kier alpha value is -13.7. The number of nitrogens with two attached hydrogens (primary N) is 1. The number of amidine groups is 1. The molecule has 44 nitrogen and oxygen atoms in total. The molecule has 0 radical (unpaired) electrons. The minimum atomic E-state index is -1.21. The standard InChI is InChI=1S/C35H42N6O10S3.C31H35N3O11S3.C29H32N4O10S3.CH4/c1-19(42)38-25(16-52)33(47)51-29-12-8-6-10-23(29)32(46)50-30-13-9-7-11-24(30)34(48)53-18-27(40-21(3)44)35(49)54-17-26(39-20(2)43)28(45)14-22(36)15-31(37)41(4)5;1-5-43-28(39)23(33-18(3)36)15-48-31(42)24(34-19(4)37)16-47-30(41)21-11-7-9-13-26(21)44-27(38)20-10-6-8-12-25(20)45-29(40)22(14-46)32-17(2)35;1-15(34)31-20(12-44)27(39)43-23-10-6-4-8-18(23)26(38)42-24-11-7-5-9-19(24)28(40)45-14-22(33-17(3)36)29(41)46-13-21(25(30)37)32-16(2)35;/h6-13,25-27,36-37,52H,14-18H2,1-5H3,(H,38,42)(H,39,43)(H,40,44);6-13,22-24,46H,5,14-16H2,1-4H3,(H,32,35)(H,33,36)(H,34,37);4-11,20-22,44H,12-14H2,1-3H3,(H2,30,37)(H,31,34)(H,32,35)(H,33,36);1H4. The lowest BCUT2D eigenvalue weighted by Gasteiger charge is -2.20. The number of hydrogen-bond donors (Lipinski definition) is 15. The number of thiol groups is 3. The Bertz CT molecular complexity index is 5940. The SMILES string of the molecule is C.CC(=O)NC(CSC(=O)C(CSC(=O)c1ccccc1OC(=O)c1ccccc1OC(=O)C(CS)NC(C)=O)NC(C)=O)C(=O)CC(=N)CC(=N)N(C)C.CC(=O)NC(CSC(=O)C(CSC(=O)c1ccccc1OC(=O)c1ccccc1OC(=O)C(CS)NC(C)=O)NC(C)=O)C(N)=O.CCOC(=O)C(CSC(=O)C(CSC(=O)c1ccccc1OC(=O)c1ccccc1OC(=O)C(CS)NC(C)=O)NC(C)=O)NC(C)=O. The first-order valence-electron chi connectivity index (χ1n) is 43.9. The number of esters is 7. The lowest BCUT2D eigenvalue weighted by molar-refractivity contribution is -0.146. The van der Waals surface area contributed by atoms with Gasteiger partial charge < -0.3 is 97.1 Å². The fraction of sp³-hybridized carbons (Fsp3) is 0.354. The summed E-state index contributed by atoms with van der Waals surface area (Å²) in [7, 11) is 3.26. The smallest absolute Gasteiger partial charge is 0.347 e. The van der Waals surface area contributed by atoms with Crippen molar-refractivity contribution in [3.8, 4) is 34.5 Å². The van der Waals surface area contributed by atoms with Crippen LogP contribution in [0.25, 0.3) is 0 Å². The molecular weight excluding hydrogens is 2120 g/mol. The Balaban J connectivity index is 0.000000574. The zero-order valence-corrected chi connectivity index (χ0v) is 89.1. The molecular formula is C96H113N13O31S9. The highest BCUT2D eigenvalue weighted by Crippen LogP contribution is 2.33. The fourth-order valence-electron chi connectivity index (χ4n) is 11.7. The first kappa shape index (κ1) is 129. The Kier molecular flexibility index (Phi) is 58.5. The maximum Gasteiger partial charge on any atom is 0.347 e. The van der Waals surface area contributed by atoms with Crippen molar-refractivity contribution < 1.29 is 148 Å². The quantitative estimate of drug-likeness (QED) is 0.00709. The van der Waals surface area contributed by atoms with Crippen molar-refractivity contribution in [3.63, 3.8) is 0 Å². The summed E-state index contributed by atoms with van der Waals surface area (Å²) in [5.41, 5.74) is 4.67. The molecule has 802 valence electrons. The van der Waals surface area contributed by atoms with Gasteiger partial charge in [-0.15, -0.1) is 0 Å². The zero-order valence-electron chi connectivity index (χ0n) is 81.5. The van der Waals surface area contributed by atoms with Crippen molar-refractivity contribution >= 4 is 257 Å². The van der Waals surface area contributed by atoms with Crippen LogP contribution in [0.2, 0.25) is 0 Å². The second kappa shape index (κ2) is 67.3. The molecule has 13 N–H and O–H groups in total. The maximum absolute atomic E-state index is 13.4. The van der Waals surface area contributed by atoms with E-state index in [1.165, 1.54) is 213 Å². The largest absolute Gasteiger partial charge is 0.464 e. The number of nitrogens with one attached hydrogen (secondary N) is 11. The topological polar surface area (TPSA) is 660 Å². The van der Waals surface area contributed by atoms with Gasteiger partial charge in [-0.05, 0) is 79.7 Å². The molecule has 0 aliphatic rings. The number of hydrogen-bond acceptors (Lipinski definition) is 42. The predicted octanol–water partition coefficient (Wildman–Crippen LogP) is 5.76. The highest BCUT2D eigenvalue weighted by molar-refractivity contribution is 8.16. The molecule has 0 bridgehead atoms. The number of benzene rings is 6. The van der Waals surface area contributed by atoms with Crippen molar-refractivity contribution in [1.29, 1.82) is 10.8 Å². The van der Waals surface area contributed by atoms with Gasteiger partial charge in [0.2, 0.25) is 89.8 Å². The second-order valence-electron chi connectivity index (χ2n) is 30.8. The molecule has 10 amide bonds. The summed E-state index contributed by atoms with van der Waals surface area (Å²) in [6, 6.07) is 24.4. The molecule has 149 heavy (non-hydrogen) atoms. The lowest BCUT2D eigenvalue weighted by Crippen LogP contribution is -2.46. The van der Waals surface area contributed by atoms with Crippen LogP contribution in [0.15, 0.2) is 146 Å². The van der Waals surface area contributed by atoms with Gasteiger partial charge >= 0.3 is 41.8 Å². The van der Waals surface area contributed by atoms with Gasteiger partial charge in [-0.1, -0.05) is 151 Å². The number of carbonyl (C=O) groups excluding carboxylic acids is 24. The Labute approximate surface area is 898 Å². The average Bonchev–Trinajstić information content (AvgIpc) is 0.828. The summed E-state index contributed by atoms with van der Waals surface area (Å²) in [4.78, 5) is 299. The molecule has 9 atom stereocenters. The molecule has 0 aliphatic heterocycles. The van der Waals surface area contributed by atoms with E-state index in [4.69, 9.17) is 49.7 Å². The normalized spacial score (nSPS) is 12.2. The molecule has 6 aromatic rings. The Morgan fingerprint density at radius 3 is 0.779 bits per heavy atom. The number of primary amides is 1. The van der Waals surface area contributed by atoms with Crippen molar-refractivity contribution in [2.45, 2.75) is 144 Å². The molecule has 0 heterocycles. The van der Waals surface area contributed by atoms with E-state index in [2.05, 4.69) is 85.7 Å². The molecule has 53 heteroatoms. The first-order valence-corrected chi connectivity index (χ1v) is 51.7. The average molecular weight is 2230 g/mol. The third-order valence-electron chi connectivity index (χ3n) is 18.5. The number of amides is 10. The van der Waals surface area contributed by atoms with Crippen LogP contribution in [-0.2, 0) is 91.0 Å². The number of rotatable bonds is 50. The summed E-state index contributed by atoms with van der Waals surface area (Å²) < 4.78 is 37.5. The van der Waals surface area contributed by atoms with Gasteiger partial charge in [0.15, 0.2) is 5.78 Å². The molecule has 0 aromatic heterocycles. The molecule has 0 fully saturated rings. The van der Waals surface area contributed by atoms with Crippen LogP contribution in [0.3, 0.4) is 0 Å². The molecule has 0 aliphatic carbocycles. The minimum absolute atomic E-state index is 0. The Morgan fingerprint density at radius 2 is 0.523 bits per heavy atom. The van der Waals surface area contributed by atoms with Crippen LogP contribution >= 0.6 is 108 Å². The molecule has 0 spiro atoms. The van der Waals surface area contributed by atoms with Crippen molar-refractivity contribution in [3.05, 3.63) is 179 Å². The van der Waals surface area contributed by atoms with Crippen LogP contribution in [0.4, 0.5) is 0 Å². The third-order valence-corrected chi connectivity index (χ3v) is 25.7. The van der Waals surface area contributed by atoms with E-state index in [9.17, 15) is 115 Å². The number of ketones is 1. The van der Waals surface area contributed by atoms with Crippen LogP contribution in [-0.4, -0.2) is 281 Å². The monoisotopic (exact) mass is 2230 g/mol. The third kappa shape index (κ3) is 47.1. The van der Waals surface area contributed by atoms with Crippen LogP contribution < -0.4 is 82.0 Å². The van der Waals surface area contributed by atoms with Crippen LogP contribution in [0.5, 0.6) is 34.5 Å². The molecule has 0 saturated carbocycles. The summed E-state index contributed by atoms with van der Waals surface area (Å²) in [6.45, 7) is 12.5. The van der Waals surface area contributed by atoms with E-state index >= 15 is 0 Å². The fourth-order valence-corrected chi connectivity index (χ4v) is 18.1. The number of nitrogens with zero attached hydrogens (tertiary/aromatic N) is 1. The van der Waals surface area contributed by atoms with Gasteiger partial charge in [0.05, 0.1) is 29.3 Å². The molecule has 0 saturated heterocycles. The number of para-hydroxylation sites is 6. The highest BCUT2D eigenvalue weighted by Gasteiger charge is 2.35. The summed E-state index contributed by atoms with van der Waals surface area (Å²) >= 11 is 16.1. The van der Waals surface area contributed by atoms with Gasteiger partial charge in [-0.3, -0.25) is 86.9 Å². The van der Waals surface area contributed by atoms with E-state index in [1.54, 1.807) is 21.0 Å². The van der Waals surface area contributed by atoms with Crippen molar-refractivity contribution in [2.75, 3.05) is 72.5 Å². The molecule has 6 aromatic carbocycles. The number of Topliss-reactive ketones (excluding diaryl/α,β-unsaturated/α-hetero) is 1. The van der Waals surface area contributed by atoms with Gasteiger partial charge in [0.25, 0.3) is 0 Å². The van der Waals surface area contributed by atoms with Gasteiger partial charge in [-0.2, -0.15) is 37.9 Å². The number of thioether (sulfide) groups is 6. The van der Waals surface area contributed by atoms with E-state index in [-0.39, 0.29) is 158 Å². The van der Waals surface area contributed by atoms with Gasteiger partial charge in [0, 0.05) is 147 Å². The summed E-state index contributed by atoms with van der Waals surface area (Å²) in [5, 5.41) is 34.2. The second-order valence-corrected chi connectivity index (χ2v) is 38.0. The number of carbonyl (C=O) groups is 24. The predicted molar refractivity (Wildman–Crippen MR) is 569 cm³/mol. The first-order chi connectivity index (χ1) is 69.9. The van der Waals surface area contributed by atoms with E-state index in [0.717, 1.165) is 0 Å². The van der Waals surface area contributed by atoms with Gasteiger partial charge in [-0.25, -0.2) is 33.6 Å². The van der Waals surface area contributed by atoms with Gasteiger partial charge in [0.1, 0.15) is 105 Å². The maximum atomic E-state index is 13.4. The van der Waals surface area contributed by atoms with Crippen LogP contribution in [0, 0.1) is 10.8 Å². The number of ether oxygens (including phenoxy) is 7. The summed E-state index contributed by atoms with van der Waals surface area (Å²) in [6.07, 6.45) is -0.429. The van der Waals surface area contributed by atoms with Crippen molar-refractivity contribution in [2.24, 2.45) is 5.73 Å². The van der Waals surface area contributed by atoms with E-state index in [1.807, 2.05) is 0 Å².